The van der Waals surface area contributed by atoms with Crippen molar-refractivity contribution in [2.75, 3.05) is 20.3 Å². The lowest BCUT2D eigenvalue weighted by Crippen LogP contribution is -2.31. The minimum atomic E-state index is -1.18. The second-order valence-electron chi connectivity index (χ2n) is 6.75. The lowest BCUT2D eigenvalue weighted by molar-refractivity contribution is -0.149. The summed E-state index contributed by atoms with van der Waals surface area (Å²) in [6, 6.07) is 0. The molecular weight excluding hydrogens is 342 g/mol. The maximum atomic E-state index is 12.5. The highest BCUT2D eigenvalue weighted by molar-refractivity contribution is 5.94. The molecule has 1 N–H and O–H groups in total. The zero-order chi connectivity index (χ0) is 19.9. The second kappa shape index (κ2) is 9.35. The van der Waals surface area contributed by atoms with E-state index in [4.69, 9.17) is 14.2 Å². The number of nitrogens with one attached hydrogen (secondary N) is 1. The van der Waals surface area contributed by atoms with Crippen molar-refractivity contribution in [1.29, 1.82) is 0 Å². The van der Waals surface area contributed by atoms with Gasteiger partial charge in [-0.05, 0) is 32.1 Å². The van der Waals surface area contributed by atoms with Crippen molar-refractivity contribution in [3.63, 3.8) is 0 Å². The van der Waals surface area contributed by atoms with Gasteiger partial charge in [-0.3, -0.25) is 9.59 Å². The molecule has 8 heteroatoms. The molecule has 0 radical (unpaired) electrons. The van der Waals surface area contributed by atoms with Crippen LogP contribution in [-0.4, -0.2) is 44.3 Å². The Morgan fingerprint density at radius 2 is 1.88 bits per heavy atom. The van der Waals surface area contributed by atoms with E-state index in [2.05, 4.69) is 5.32 Å². The van der Waals surface area contributed by atoms with Crippen LogP contribution in [0.5, 0.6) is 0 Å². The van der Waals surface area contributed by atoms with Gasteiger partial charge in [0.2, 0.25) is 5.91 Å². The number of allylic oxidation sites excluding steroid dienone is 1. The highest BCUT2D eigenvalue weighted by Crippen LogP contribution is 2.59. The van der Waals surface area contributed by atoms with E-state index in [0.717, 1.165) is 0 Å². The summed E-state index contributed by atoms with van der Waals surface area (Å²) in [4.78, 5) is 47.6. The fraction of sp³-hybridized carbons (Fsp3) is 0.667. The zero-order valence-corrected chi connectivity index (χ0v) is 15.9. The predicted molar refractivity (Wildman–Crippen MR) is 91.9 cm³/mol. The fourth-order valence-electron chi connectivity index (χ4n) is 2.68. The van der Waals surface area contributed by atoms with Crippen LogP contribution in [-0.2, 0) is 28.6 Å². The van der Waals surface area contributed by atoms with Gasteiger partial charge >= 0.3 is 18.1 Å². The molecule has 0 aliphatic heterocycles. The van der Waals surface area contributed by atoms with Crippen LogP contribution in [0.3, 0.4) is 0 Å². The van der Waals surface area contributed by atoms with Gasteiger partial charge in [-0.1, -0.05) is 19.4 Å². The average molecular weight is 369 g/mol. The molecule has 0 heterocycles. The molecule has 0 aromatic carbocycles. The summed E-state index contributed by atoms with van der Waals surface area (Å²) in [5, 5.41) is 2.46. The molecule has 2 unspecified atom stereocenters. The van der Waals surface area contributed by atoms with Crippen molar-refractivity contribution in [3.05, 3.63) is 11.6 Å². The Morgan fingerprint density at radius 1 is 1.23 bits per heavy atom. The van der Waals surface area contributed by atoms with Crippen molar-refractivity contribution in [3.8, 4) is 0 Å². The van der Waals surface area contributed by atoms with Crippen LogP contribution in [0.25, 0.3) is 0 Å². The molecule has 1 fully saturated rings. The Kier molecular flexibility index (Phi) is 7.79. The van der Waals surface area contributed by atoms with E-state index >= 15 is 0 Å². The van der Waals surface area contributed by atoms with Crippen molar-refractivity contribution >= 4 is 24.0 Å². The van der Waals surface area contributed by atoms with E-state index in [9.17, 15) is 19.2 Å². The number of esters is 2. The Hall–Kier alpha value is -2.38. The van der Waals surface area contributed by atoms with E-state index in [-0.39, 0.29) is 37.4 Å². The maximum Gasteiger partial charge on any atom is 0.516 e. The molecule has 146 valence electrons. The first-order chi connectivity index (χ1) is 12.2. The van der Waals surface area contributed by atoms with Gasteiger partial charge in [0.1, 0.15) is 0 Å². The molecule has 26 heavy (non-hydrogen) atoms. The van der Waals surface area contributed by atoms with Crippen molar-refractivity contribution in [2.45, 2.75) is 40.5 Å². The minimum Gasteiger partial charge on any atom is -0.463 e. The molecule has 1 amide bonds. The molecule has 8 nitrogen and oxygen atoms in total. The first-order valence-electron chi connectivity index (χ1n) is 8.60. The third-order valence-electron chi connectivity index (χ3n) is 4.13. The van der Waals surface area contributed by atoms with Gasteiger partial charge in [0, 0.05) is 19.5 Å². The number of hydrogen-bond donors (Lipinski definition) is 1. The monoisotopic (exact) mass is 369 g/mol. The number of carbonyl (C=O) groups is 4. The van der Waals surface area contributed by atoms with Crippen molar-refractivity contribution in [2.24, 2.45) is 17.3 Å². The topological polar surface area (TPSA) is 108 Å². The molecule has 0 aromatic rings. The summed E-state index contributed by atoms with van der Waals surface area (Å²) in [5.74, 6) is -1.98. The maximum absolute atomic E-state index is 12.5. The quantitative estimate of drug-likeness (QED) is 0.396. The highest BCUT2D eigenvalue weighted by Gasteiger charge is 2.63. The number of rotatable bonds is 8. The number of hydrogen-bond acceptors (Lipinski definition) is 7. The average Bonchev–Trinajstić information content (AvgIpc) is 3.28. The summed E-state index contributed by atoms with van der Waals surface area (Å²) >= 11 is 0. The summed E-state index contributed by atoms with van der Waals surface area (Å²) < 4.78 is 14.5. The van der Waals surface area contributed by atoms with Crippen LogP contribution in [0, 0.1) is 17.3 Å². The van der Waals surface area contributed by atoms with E-state index < -0.39 is 23.5 Å². The van der Waals surface area contributed by atoms with Gasteiger partial charge in [0.05, 0.1) is 18.6 Å². The third-order valence-corrected chi connectivity index (χ3v) is 4.13. The molecule has 1 rings (SSSR count). The van der Waals surface area contributed by atoms with Crippen molar-refractivity contribution < 1.29 is 33.4 Å². The lowest BCUT2D eigenvalue weighted by atomic mass is 9.95. The van der Waals surface area contributed by atoms with Gasteiger partial charge < -0.3 is 19.5 Å². The smallest absolute Gasteiger partial charge is 0.463 e. The van der Waals surface area contributed by atoms with Crippen LogP contribution < -0.4 is 5.32 Å². The fourth-order valence-corrected chi connectivity index (χ4v) is 2.68. The summed E-state index contributed by atoms with van der Waals surface area (Å²) in [5.41, 5.74) is -0.579. The van der Waals surface area contributed by atoms with E-state index in [0.29, 0.717) is 12.0 Å². The molecule has 0 spiro atoms. The zero-order valence-electron chi connectivity index (χ0n) is 15.9. The molecule has 2 atom stereocenters. The van der Waals surface area contributed by atoms with Gasteiger partial charge in [-0.15, -0.1) is 0 Å². The number of carbonyl (C=O) groups excluding carboxylic acids is 4. The van der Waals surface area contributed by atoms with Crippen LogP contribution in [0.1, 0.15) is 40.5 Å². The minimum absolute atomic E-state index is 0.0981. The first kappa shape index (κ1) is 21.7. The Morgan fingerprint density at radius 3 is 2.42 bits per heavy atom. The molecule has 1 aliphatic rings. The second-order valence-corrected chi connectivity index (χ2v) is 6.75. The molecule has 0 saturated heterocycles. The molecule has 1 saturated carbocycles. The summed E-state index contributed by atoms with van der Waals surface area (Å²) in [7, 11) is 1.46. The normalized spacial score (nSPS) is 21.8. The highest BCUT2D eigenvalue weighted by atomic mass is 16.7. The molecule has 0 aromatic heterocycles. The Bertz CT molecular complexity index is 596. The number of amides is 1. The molecule has 0 bridgehead atoms. The third kappa shape index (κ3) is 5.86. The number of ether oxygens (including phenoxy) is 3. The van der Waals surface area contributed by atoms with E-state index in [1.54, 1.807) is 13.8 Å². The SMILES string of the molecule is CCOC(=O)/C=C(/C)C1CC1(CC(=O)NC)C(=O)OC(=O)OCC(C)C. The Balaban J connectivity index is 2.86. The van der Waals surface area contributed by atoms with Crippen LogP contribution >= 0.6 is 0 Å². The molecular formula is C18H27NO7. The van der Waals surface area contributed by atoms with Gasteiger partial charge in [-0.2, -0.15) is 0 Å². The van der Waals surface area contributed by atoms with Crippen molar-refractivity contribution in [1.82, 2.24) is 5.32 Å². The van der Waals surface area contributed by atoms with E-state index in [1.807, 2.05) is 13.8 Å². The van der Waals surface area contributed by atoms with Crippen LogP contribution in [0.4, 0.5) is 4.79 Å². The van der Waals surface area contributed by atoms with Crippen LogP contribution in [0.15, 0.2) is 11.6 Å². The van der Waals surface area contributed by atoms with Gasteiger partial charge in [0.15, 0.2) is 0 Å². The molecule has 1 aliphatic carbocycles. The summed E-state index contributed by atoms with van der Waals surface area (Å²) in [6.45, 7) is 7.43. The summed E-state index contributed by atoms with van der Waals surface area (Å²) in [6.07, 6.45) is 0.374. The largest absolute Gasteiger partial charge is 0.516 e. The van der Waals surface area contributed by atoms with Gasteiger partial charge in [-0.25, -0.2) is 9.59 Å². The Labute approximate surface area is 153 Å². The lowest BCUT2D eigenvalue weighted by Gasteiger charge is -2.15. The standard InChI is InChI=1S/C18H27NO7/c1-6-24-15(21)7-12(4)13-8-18(13,9-14(20)19-5)16(22)26-17(23)25-10-11(2)3/h7,11,13H,6,8-10H2,1-5H3,(H,19,20)/b12-7-. The predicted octanol–water partition coefficient (Wildman–Crippen LogP) is 1.97. The van der Waals surface area contributed by atoms with E-state index in [1.165, 1.54) is 13.1 Å². The first-order valence-corrected chi connectivity index (χ1v) is 8.60. The van der Waals surface area contributed by atoms with Crippen LogP contribution in [0.2, 0.25) is 0 Å². The van der Waals surface area contributed by atoms with Gasteiger partial charge in [0.25, 0.3) is 0 Å².